The van der Waals surface area contributed by atoms with Gasteiger partial charge in [0, 0.05) is 0 Å². The van der Waals surface area contributed by atoms with Gasteiger partial charge in [-0.25, -0.2) is 9.58 Å². The number of hydrogen-bond donors (Lipinski definition) is 0. The third-order valence-corrected chi connectivity index (χ3v) is 6.16. The van der Waals surface area contributed by atoms with Gasteiger partial charge in [0.1, 0.15) is 10.8 Å². The molecule has 1 saturated heterocycles. The third-order valence-electron chi connectivity index (χ3n) is 4.66. The van der Waals surface area contributed by atoms with Crippen LogP contribution in [0.2, 0.25) is 0 Å². The zero-order chi connectivity index (χ0) is 20.4. The third kappa shape index (κ3) is 3.75. The van der Waals surface area contributed by atoms with Gasteiger partial charge in [-0.2, -0.15) is 0 Å². The molecule has 2 heterocycles. The number of carbonyl (C=O) groups is 2. The van der Waals surface area contributed by atoms with Gasteiger partial charge in [0.05, 0.1) is 30.3 Å². The van der Waals surface area contributed by atoms with E-state index < -0.39 is 11.2 Å². The average Bonchev–Trinajstić information content (AvgIpc) is 3.23. The summed E-state index contributed by atoms with van der Waals surface area (Å²) in [6.07, 6.45) is 0. The summed E-state index contributed by atoms with van der Waals surface area (Å²) in [7, 11) is 0. The molecule has 2 atom stereocenters. The van der Waals surface area contributed by atoms with Gasteiger partial charge < -0.3 is 4.74 Å². The van der Waals surface area contributed by atoms with Crippen molar-refractivity contribution in [2.24, 2.45) is 5.92 Å². The Morgan fingerprint density at radius 1 is 1.10 bits per heavy atom. The van der Waals surface area contributed by atoms with Crippen molar-refractivity contribution in [3.05, 3.63) is 54.6 Å². The van der Waals surface area contributed by atoms with Crippen molar-refractivity contribution in [3.63, 3.8) is 0 Å². The number of rotatable bonds is 5. The molecule has 0 radical (unpaired) electrons. The standard InChI is InChI=1S/C20H18N4O3S2/c1-2-27-20(28)29-17-14(12-23-16-11-7-6-10-15(16)21-22-23)18(25)24(19(17)26)13-8-4-3-5-9-13/h3-11,14,17H,2,12H2,1H3. The summed E-state index contributed by atoms with van der Waals surface area (Å²) in [4.78, 5) is 27.7. The Hall–Kier alpha value is -2.78. The predicted molar refractivity (Wildman–Crippen MR) is 116 cm³/mol. The van der Waals surface area contributed by atoms with Crippen molar-refractivity contribution in [1.82, 2.24) is 15.0 Å². The highest BCUT2D eigenvalue weighted by atomic mass is 32.2. The molecule has 0 N–H and O–H groups in total. The molecule has 0 spiro atoms. The number of nitrogens with zero attached hydrogens (tertiary/aromatic N) is 4. The van der Waals surface area contributed by atoms with E-state index in [0.29, 0.717) is 12.3 Å². The van der Waals surface area contributed by atoms with Crippen LogP contribution in [0.3, 0.4) is 0 Å². The summed E-state index contributed by atoms with van der Waals surface area (Å²) >= 11 is 6.35. The molecular formula is C20H18N4O3S2. The molecule has 1 fully saturated rings. The highest BCUT2D eigenvalue weighted by molar-refractivity contribution is 8.23. The second-order valence-corrected chi connectivity index (χ2v) is 8.18. The summed E-state index contributed by atoms with van der Waals surface area (Å²) in [5.41, 5.74) is 2.08. The van der Waals surface area contributed by atoms with Crippen molar-refractivity contribution < 1.29 is 14.3 Å². The van der Waals surface area contributed by atoms with Crippen LogP contribution in [0.4, 0.5) is 5.69 Å². The summed E-state index contributed by atoms with van der Waals surface area (Å²) in [6, 6.07) is 16.4. The number of fused-ring (bicyclic) bond motifs is 1. The molecule has 1 aromatic heterocycles. The number of hydrogen-bond acceptors (Lipinski definition) is 7. The van der Waals surface area contributed by atoms with Gasteiger partial charge in [-0.15, -0.1) is 5.10 Å². The number of aromatic nitrogens is 3. The minimum Gasteiger partial charge on any atom is -0.479 e. The minimum atomic E-state index is -0.690. The SMILES string of the molecule is CCOC(=S)SC1C(=O)N(c2ccccc2)C(=O)C1Cn1nnc2ccccc21. The molecule has 0 aliphatic carbocycles. The van der Waals surface area contributed by atoms with Gasteiger partial charge in [-0.05, 0) is 43.4 Å². The number of imide groups is 1. The van der Waals surface area contributed by atoms with Crippen molar-refractivity contribution in [2.45, 2.75) is 18.7 Å². The summed E-state index contributed by atoms with van der Waals surface area (Å²) in [5, 5.41) is 7.63. The lowest BCUT2D eigenvalue weighted by Gasteiger charge is -2.15. The van der Waals surface area contributed by atoms with Crippen LogP contribution >= 0.6 is 24.0 Å². The second-order valence-electron chi connectivity index (χ2n) is 6.44. The molecule has 2 amide bonds. The van der Waals surface area contributed by atoms with Gasteiger partial charge in [0.15, 0.2) is 0 Å². The van der Waals surface area contributed by atoms with E-state index in [1.165, 1.54) is 4.90 Å². The van der Waals surface area contributed by atoms with Crippen LogP contribution in [0, 0.1) is 5.92 Å². The van der Waals surface area contributed by atoms with E-state index in [9.17, 15) is 9.59 Å². The molecule has 1 aliphatic rings. The first kappa shape index (κ1) is 19.5. The van der Waals surface area contributed by atoms with E-state index in [1.807, 2.05) is 37.3 Å². The van der Waals surface area contributed by atoms with Crippen LogP contribution in [0.5, 0.6) is 0 Å². The Morgan fingerprint density at radius 3 is 2.59 bits per heavy atom. The largest absolute Gasteiger partial charge is 0.479 e. The van der Waals surface area contributed by atoms with Crippen LogP contribution in [-0.2, 0) is 20.9 Å². The fourth-order valence-electron chi connectivity index (χ4n) is 3.34. The number of ether oxygens (including phenoxy) is 1. The Morgan fingerprint density at radius 2 is 1.83 bits per heavy atom. The van der Waals surface area contributed by atoms with Crippen LogP contribution in [0.25, 0.3) is 11.0 Å². The molecule has 0 saturated carbocycles. The molecule has 2 unspecified atom stereocenters. The molecular weight excluding hydrogens is 408 g/mol. The number of thiocarbonyl (C=S) groups is 1. The first-order valence-electron chi connectivity index (χ1n) is 9.14. The molecule has 2 aromatic carbocycles. The monoisotopic (exact) mass is 426 g/mol. The van der Waals surface area contributed by atoms with Gasteiger partial charge in [-0.1, -0.05) is 47.3 Å². The Labute approximate surface area is 177 Å². The summed E-state index contributed by atoms with van der Waals surface area (Å²) < 4.78 is 7.28. The van der Waals surface area contributed by atoms with Gasteiger partial charge >= 0.3 is 0 Å². The molecule has 7 nitrogen and oxygen atoms in total. The van der Waals surface area contributed by atoms with Gasteiger partial charge in [0.25, 0.3) is 0 Å². The van der Waals surface area contributed by atoms with Crippen molar-refractivity contribution >= 4 is 56.9 Å². The van der Waals surface area contributed by atoms with Crippen LogP contribution in [0.15, 0.2) is 54.6 Å². The zero-order valence-corrected chi connectivity index (χ0v) is 17.2. The predicted octanol–water partition coefficient (Wildman–Crippen LogP) is 3.04. The number of amides is 2. The summed E-state index contributed by atoms with van der Waals surface area (Å²) in [5.74, 6) is -1.23. The molecule has 29 heavy (non-hydrogen) atoms. The Kier molecular flexibility index (Phi) is 5.59. The highest BCUT2D eigenvalue weighted by Gasteiger charge is 2.49. The Bertz CT molecular complexity index is 1070. The normalized spacial score (nSPS) is 19.1. The first-order valence-corrected chi connectivity index (χ1v) is 10.4. The van der Waals surface area contributed by atoms with Crippen LogP contribution in [0.1, 0.15) is 6.92 Å². The minimum absolute atomic E-state index is 0.223. The van der Waals surface area contributed by atoms with E-state index in [1.54, 1.807) is 28.9 Å². The fraction of sp³-hybridized carbons (Fsp3) is 0.250. The summed E-state index contributed by atoms with van der Waals surface area (Å²) in [6.45, 7) is 2.45. The van der Waals surface area contributed by atoms with E-state index in [-0.39, 0.29) is 22.7 Å². The van der Waals surface area contributed by atoms with Gasteiger partial charge in [0.2, 0.25) is 16.2 Å². The maximum absolute atomic E-state index is 13.3. The number of benzene rings is 2. The maximum Gasteiger partial charge on any atom is 0.248 e. The lowest BCUT2D eigenvalue weighted by molar-refractivity contribution is -0.122. The van der Waals surface area contributed by atoms with E-state index >= 15 is 0 Å². The lowest BCUT2D eigenvalue weighted by Crippen LogP contribution is -2.31. The first-order chi connectivity index (χ1) is 14.1. The molecule has 9 heteroatoms. The van der Waals surface area contributed by atoms with Crippen molar-refractivity contribution in [1.29, 1.82) is 0 Å². The number of anilines is 1. The van der Waals surface area contributed by atoms with Gasteiger partial charge in [-0.3, -0.25) is 9.59 Å². The van der Waals surface area contributed by atoms with E-state index in [2.05, 4.69) is 10.3 Å². The smallest absolute Gasteiger partial charge is 0.248 e. The molecule has 148 valence electrons. The molecule has 1 aliphatic heterocycles. The maximum atomic E-state index is 13.3. The van der Waals surface area contributed by atoms with Crippen molar-refractivity contribution in [3.8, 4) is 0 Å². The van der Waals surface area contributed by atoms with E-state index in [4.69, 9.17) is 17.0 Å². The molecule has 4 rings (SSSR count). The molecule has 0 bridgehead atoms. The average molecular weight is 427 g/mol. The lowest BCUT2D eigenvalue weighted by atomic mass is 10.1. The second kappa shape index (κ2) is 8.30. The number of thioether (sulfide) groups is 1. The fourth-order valence-corrected chi connectivity index (χ4v) is 4.73. The number of carbonyl (C=O) groups excluding carboxylic acids is 2. The van der Waals surface area contributed by atoms with Crippen LogP contribution in [-0.4, -0.2) is 43.0 Å². The Balaban J connectivity index is 1.68. The zero-order valence-electron chi connectivity index (χ0n) is 15.6. The van der Waals surface area contributed by atoms with Crippen LogP contribution < -0.4 is 4.90 Å². The number of para-hydroxylation sites is 2. The highest BCUT2D eigenvalue weighted by Crippen LogP contribution is 2.36. The van der Waals surface area contributed by atoms with E-state index in [0.717, 1.165) is 22.8 Å². The van der Waals surface area contributed by atoms with Crippen molar-refractivity contribution in [2.75, 3.05) is 11.5 Å². The topological polar surface area (TPSA) is 77.3 Å². The molecule has 3 aromatic rings. The quantitative estimate of drug-likeness (QED) is 0.458.